The van der Waals surface area contributed by atoms with E-state index in [1.165, 1.54) is 0 Å². The molecule has 2 aliphatic rings. The first-order valence-electron chi connectivity index (χ1n) is 9.70. The van der Waals surface area contributed by atoms with Gasteiger partial charge in [0.15, 0.2) is 0 Å². The van der Waals surface area contributed by atoms with Crippen molar-refractivity contribution in [3.05, 3.63) is 31.0 Å². The van der Waals surface area contributed by atoms with Gasteiger partial charge in [-0.3, -0.25) is 0 Å². The first kappa shape index (κ1) is 17.2. The zero-order valence-electron chi connectivity index (χ0n) is 16.0. The van der Waals surface area contributed by atoms with Crippen molar-refractivity contribution in [2.45, 2.75) is 12.5 Å². The molecule has 1 N–H and O–H groups in total. The van der Waals surface area contributed by atoms with Crippen LogP contribution in [-0.2, 0) is 4.74 Å². The van der Waals surface area contributed by atoms with E-state index in [2.05, 4.69) is 46.7 Å². The maximum absolute atomic E-state index is 5.41. The number of nitrogens with one attached hydrogen (secondary N) is 1. The molecule has 5 heterocycles. The molecule has 5 rings (SSSR count). The molecule has 28 heavy (non-hydrogen) atoms. The largest absolute Gasteiger partial charge is 0.378 e. The SMILES string of the molecule is CN(c1cnc(N2CCOCC2)cn1)[C@@H]1CCN(c2ncnc3[nH]ccc23)C1. The maximum Gasteiger partial charge on any atom is 0.147 e. The van der Waals surface area contributed by atoms with Crippen molar-refractivity contribution < 1.29 is 4.74 Å². The number of rotatable bonds is 4. The Balaban J connectivity index is 1.28. The molecule has 1 atom stereocenters. The van der Waals surface area contributed by atoms with Gasteiger partial charge in [-0.2, -0.15) is 0 Å². The lowest BCUT2D eigenvalue weighted by molar-refractivity contribution is 0.122. The van der Waals surface area contributed by atoms with E-state index in [1.54, 1.807) is 6.33 Å². The summed E-state index contributed by atoms with van der Waals surface area (Å²) in [5.74, 6) is 2.82. The van der Waals surface area contributed by atoms with Crippen LogP contribution in [0.5, 0.6) is 0 Å². The number of hydrogen-bond acceptors (Lipinski definition) is 8. The van der Waals surface area contributed by atoms with Crippen molar-refractivity contribution in [2.75, 3.05) is 61.1 Å². The zero-order chi connectivity index (χ0) is 18.9. The number of fused-ring (bicyclic) bond motifs is 1. The molecular formula is C19H24N8O. The van der Waals surface area contributed by atoms with Gasteiger partial charge in [0.1, 0.15) is 29.4 Å². The summed E-state index contributed by atoms with van der Waals surface area (Å²) in [5, 5.41) is 1.07. The van der Waals surface area contributed by atoms with Crippen molar-refractivity contribution in [1.29, 1.82) is 0 Å². The molecule has 146 valence electrons. The van der Waals surface area contributed by atoms with Crippen LogP contribution in [0.2, 0.25) is 0 Å². The Morgan fingerprint density at radius 3 is 2.79 bits per heavy atom. The van der Waals surface area contributed by atoms with Crippen molar-refractivity contribution in [1.82, 2.24) is 24.9 Å². The van der Waals surface area contributed by atoms with E-state index in [9.17, 15) is 0 Å². The van der Waals surface area contributed by atoms with Crippen LogP contribution in [0.4, 0.5) is 17.5 Å². The van der Waals surface area contributed by atoms with E-state index in [4.69, 9.17) is 4.74 Å². The smallest absolute Gasteiger partial charge is 0.147 e. The second kappa shape index (κ2) is 7.23. The molecule has 2 fully saturated rings. The lowest BCUT2D eigenvalue weighted by atomic mass is 10.2. The van der Waals surface area contributed by atoms with E-state index in [1.807, 2.05) is 24.7 Å². The fraction of sp³-hybridized carbons (Fsp3) is 0.474. The molecule has 3 aromatic heterocycles. The number of anilines is 3. The molecule has 2 saturated heterocycles. The lowest BCUT2D eigenvalue weighted by Crippen LogP contribution is -2.37. The minimum Gasteiger partial charge on any atom is -0.378 e. The van der Waals surface area contributed by atoms with Gasteiger partial charge in [0, 0.05) is 45.5 Å². The second-order valence-corrected chi connectivity index (χ2v) is 7.27. The highest BCUT2D eigenvalue weighted by Crippen LogP contribution is 2.28. The number of nitrogens with zero attached hydrogens (tertiary/aromatic N) is 7. The van der Waals surface area contributed by atoms with E-state index in [-0.39, 0.29) is 0 Å². The van der Waals surface area contributed by atoms with Gasteiger partial charge in [-0.1, -0.05) is 0 Å². The fourth-order valence-electron chi connectivity index (χ4n) is 4.00. The Morgan fingerprint density at radius 2 is 1.96 bits per heavy atom. The van der Waals surface area contributed by atoms with Gasteiger partial charge in [-0.15, -0.1) is 0 Å². The van der Waals surface area contributed by atoms with Crippen molar-refractivity contribution in [3.8, 4) is 0 Å². The van der Waals surface area contributed by atoms with Crippen LogP contribution in [0.1, 0.15) is 6.42 Å². The minimum absolute atomic E-state index is 0.368. The van der Waals surface area contributed by atoms with Gasteiger partial charge < -0.3 is 24.4 Å². The monoisotopic (exact) mass is 380 g/mol. The summed E-state index contributed by atoms with van der Waals surface area (Å²) < 4.78 is 5.41. The number of likely N-dealkylation sites (N-methyl/N-ethyl adjacent to an activating group) is 1. The lowest BCUT2D eigenvalue weighted by Gasteiger charge is -2.29. The van der Waals surface area contributed by atoms with Gasteiger partial charge >= 0.3 is 0 Å². The van der Waals surface area contributed by atoms with Crippen LogP contribution in [-0.4, -0.2) is 77.4 Å². The normalized spacial score (nSPS) is 20.1. The van der Waals surface area contributed by atoms with Crippen LogP contribution >= 0.6 is 0 Å². The Labute approximate surface area is 163 Å². The summed E-state index contributed by atoms with van der Waals surface area (Å²) >= 11 is 0. The maximum atomic E-state index is 5.41. The van der Waals surface area contributed by atoms with E-state index in [0.29, 0.717) is 6.04 Å². The average molecular weight is 380 g/mol. The summed E-state index contributed by atoms with van der Waals surface area (Å²) in [4.78, 5) is 28.0. The molecule has 9 nitrogen and oxygen atoms in total. The van der Waals surface area contributed by atoms with Crippen molar-refractivity contribution >= 4 is 28.5 Å². The van der Waals surface area contributed by atoms with Gasteiger partial charge in [0.2, 0.25) is 0 Å². The Hall–Kier alpha value is -2.94. The quantitative estimate of drug-likeness (QED) is 0.725. The number of hydrogen-bond donors (Lipinski definition) is 1. The standard InChI is InChI=1S/C19H24N8O/c1-25(16-10-22-17(11-21-16)26-6-8-28-9-7-26)14-3-5-27(12-14)19-15-2-4-20-18(15)23-13-24-19/h2,4,10-11,13-14H,3,5-9,12H2,1H3,(H,20,23,24)/t14-/m1/s1. The van der Waals surface area contributed by atoms with E-state index in [0.717, 1.165) is 74.3 Å². The van der Waals surface area contributed by atoms with Gasteiger partial charge in [0.25, 0.3) is 0 Å². The molecule has 0 radical (unpaired) electrons. The molecule has 0 aliphatic carbocycles. The first-order chi connectivity index (χ1) is 13.8. The minimum atomic E-state index is 0.368. The Kier molecular flexibility index (Phi) is 4.44. The van der Waals surface area contributed by atoms with Crippen LogP contribution < -0.4 is 14.7 Å². The summed E-state index contributed by atoms with van der Waals surface area (Å²) in [7, 11) is 2.10. The Bertz CT molecular complexity index is 937. The first-order valence-corrected chi connectivity index (χ1v) is 9.70. The molecule has 0 spiro atoms. The number of H-pyrrole nitrogens is 1. The highest BCUT2D eigenvalue weighted by molar-refractivity contribution is 5.87. The summed E-state index contributed by atoms with van der Waals surface area (Å²) in [5.41, 5.74) is 0.881. The predicted octanol–water partition coefficient (Wildman–Crippen LogP) is 1.30. The molecule has 0 bridgehead atoms. The molecule has 0 aromatic carbocycles. The highest BCUT2D eigenvalue weighted by Gasteiger charge is 2.28. The molecule has 0 amide bonds. The molecule has 3 aromatic rings. The number of ether oxygens (including phenoxy) is 1. The zero-order valence-corrected chi connectivity index (χ0v) is 16.0. The molecule has 0 unspecified atom stereocenters. The third-order valence-electron chi connectivity index (χ3n) is 5.66. The van der Waals surface area contributed by atoms with Crippen LogP contribution in [0.25, 0.3) is 11.0 Å². The molecule has 9 heteroatoms. The summed E-state index contributed by atoms with van der Waals surface area (Å²) in [6, 6.07) is 2.41. The van der Waals surface area contributed by atoms with Gasteiger partial charge in [-0.05, 0) is 12.5 Å². The number of morpholine rings is 1. The van der Waals surface area contributed by atoms with E-state index < -0.39 is 0 Å². The number of aromatic nitrogens is 5. The average Bonchev–Trinajstić information content (AvgIpc) is 3.43. The molecule has 0 saturated carbocycles. The van der Waals surface area contributed by atoms with E-state index >= 15 is 0 Å². The van der Waals surface area contributed by atoms with Crippen molar-refractivity contribution in [3.63, 3.8) is 0 Å². The molecule has 2 aliphatic heterocycles. The summed E-state index contributed by atoms with van der Waals surface area (Å²) in [6.45, 7) is 5.10. The fourth-order valence-corrected chi connectivity index (χ4v) is 4.00. The van der Waals surface area contributed by atoms with Gasteiger partial charge in [-0.25, -0.2) is 19.9 Å². The van der Waals surface area contributed by atoms with Gasteiger partial charge in [0.05, 0.1) is 31.0 Å². The topological polar surface area (TPSA) is 86.3 Å². The third-order valence-corrected chi connectivity index (χ3v) is 5.66. The second-order valence-electron chi connectivity index (χ2n) is 7.27. The number of aromatic amines is 1. The summed E-state index contributed by atoms with van der Waals surface area (Å²) in [6.07, 6.45) is 8.34. The Morgan fingerprint density at radius 1 is 1.07 bits per heavy atom. The molecular weight excluding hydrogens is 356 g/mol. The van der Waals surface area contributed by atoms with Crippen LogP contribution in [0, 0.1) is 0 Å². The highest BCUT2D eigenvalue weighted by atomic mass is 16.5. The van der Waals surface area contributed by atoms with Crippen LogP contribution in [0.3, 0.4) is 0 Å². The third kappa shape index (κ3) is 3.11. The predicted molar refractivity (Wildman–Crippen MR) is 108 cm³/mol. The van der Waals surface area contributed by atoms with Crippen molar-refractivity contribution in [2.24, 2.45) is 0 Å². The van der Waals surface area contributed by atoms with Crippen LogP contribution in [0.15, 0.2) is 31.0 Å².